The highest BCUT2D eigenvalue weighted by Gasteiger charge is 2.34. The second kappa shape index (κ2) is 6.01. The van der Waals surface area contributed by atoms with Gasteiger partial charge in [0.05, 0.1) is 17.8 Å². The number of rotatable bonds is 2. The highest BCUT2D eigenvalue weighted by Crippen LogP contribution is 2.37. The van der Waals surface area contributed by atoms with Crippen molar-refractivity contribution in [1.29, 1.82) is 0 Å². The summed E-state index contributed by atoms with van der Waals surface area (Å²) in [6.07, 6.45) is 2.13. The highest BCUT2D eigenvalue weighted by molar-refractivity contribution is 6.30. The minimum absolute atomic E-state index is 0.146. The highest BCUT2D eigenvalue weighted by atomic mass is 35.5. The Labute approximate surface area is 149 Å². The standard InChI is InChI=1S/C19H16ClN3O2/c1-11-5-6-15-13(8-11)9-14(19(20)21-15)17-10-16(18-4-3-7-25-18)22-23(17)12(2)24/h3-9,17H,10H2,1-2H3. The predicted molar refractivity (Wildman–Crippen MR) is 96.6 cm³/mol. The van der Waals surface area contributed by atoms with Crippen LogP contribution in [0.5, 0.6) is 0 Å². The summed E-state index contributed by atoms with van der Waals surface area (Å²) in [5.74, 6) is 0.515. The minimum Gasteiger partial charge on any atom is -0.463 e. The van der Waals surface area contributed by atoms with Crippen LogP contribution < -0.4 is 0 Å². The van der Waals surface area contributed by atoms with E-state index in [-0.39, 0.29) is 11.9 Å². The van der Waals surface area contributed by atoms with Crippen LogP contribution in [0, 0.1) is 6.92 Å². The SMILES string of the molecule is CC(=O)N1N=C(c2ccco2)CC1c1cc2cc(C)ccc2nc1Cl. The van der Waals surface area contributed by atoms with Gasteiger partial charge >= 0.3 is 0 Å². The smallest absolute Gasteiger partial charge is 0.240 e. The molecule has 0 radical (unpaired) electrons. The monoisotopic (exact) mass is 353 g/mol. The summed E-state index contributed by atoms with van der Waals surface area (Å²) in [4.78, 5) is 16.6. The molecular formula is C19H16ClN3O2. The molecule has 0 fully saturated rings. The lowest BCUT2D eigenvalue weighted by molar-refractivity contribution is -0.130. The molecule has 2 aromatic heterocycles. The maximum absolute atomic E-state index is 12.1. The number of pyridine rings is 1. The van der Waals surface area contributed by atoms with Crippen LogP contribution in [0.4, 0.5) is 0 Å². The fourth-order valence-corrected chi connectivity index (χ4v) is 3.43. The van der Waals surface area contributed by atoms with Gasteiger partial charge in [-0.2, -0.15) is 5.10 Å². The van der Waals surface area contributed by atoms with Crippen molar-refractivity contribution >= 4 is 34.1 Å². The molecule has 0 saturated carbocycles. The first-order chi connectivity index (χ1) is 12.0. The molecule has 0 bridgehead atoms. The molecule has 6 heteroatoms. The molecule has 126 valence electrons. The quantitative estimate of drug-likeness (QED) is 0.638. The van der Waals surface area contributed by atoms with Crippen LogP contribution in [-0.4, -0.2) is 21.6 Å². The zero-order chi connectivity index (χ0) is 17.6. The lowest BCUT2D eigenvalue weighted by atomic mass is 10.00. The number of carbonyl (C=O) groups excluding carboxylic acids is 1. The molecule has 3 aromatic rings. The average Bonchev–Trinajstić information content (AvgIpc) is 3.23. The van der Waals surface area contributed by atoms with Crippen molar-refractivity contribution in [2.24, 2.45) is 5.10 Å². The molecule has 1 unspecified atom stereocenters. The number of fused-ring (bicyclic) bond motifs is 1. The first kappa shape index (κ1) is 15.8. The van der Waals surface area contributed by atoms with Gasteiger partial charge in [-0.15, -0.1) is 0 Å². The summed E-state index contributed by atoms with van der Waals surface area (Å²) in [5.41, 5.74) is 3.50. The molecule has 1 atom stereocenters. The fourth-order valence-electron chi connectivity index (χ4n) is 3.16. The van der Waals surface area contributed by atoms with Gasteiger partial charge in [0, 0.05) is 24.3 Å². The van der Waals surface area contributed by atoms with Crippen molar-refractivity contribution in [3.8, 4) is 0 Å². The second-order valence-electron chi connectivity index (χ2n) is 6.17. The molecule has 0 saturated heterocycles. The van der Waals surface area contributed by atoms with Crippen molar-refractivity contribution in [3.63, 3.8) is 0 Å². The first-order valence-corrected chi connectivity index (χ1v) is 8.38. The van der Waals surface area contributed by atoms with Crippen molar-refractivity contribution in [2.75, 3.05) is 0 Å². The number of benzene rings is 1. The van der Waals surface area contributed by atoms with E-state index in [1.165, 1.54) is 11.9 Å². The number of furan rings is 1. The number of hydrogen-bond donors (Lipinski definition) is 0. The van der Waals surface area contributed by atoms with E-state index in [1.807, 2.05) is 31.2 Å². The Morgan fingerprint density at radius 2 is 2.16 bits per heavy atom. The van der Waals surface area contributed by atoms with Gasteiger partial charge in [-0.3, -0.25) is 4.79 Å². The van der Waals surface area contributed by atoms with Gasteiger partial charge in [0.1, 0.15) is 16.6 Å². The second-order valence-corrected chi connectivity index (χ2v) is 6.53. The fraction of sp³-hybridized carbons (Fsp3) is 0.211. The van der Waals surface area contributed by atoms with Gasteiger partial charge in [0.25, 0.3) is 0 Å². The zero-order valence-electron chi connectivity index (χ0n) is 13.9. The molecule has 0 spiro atoms. The van der Waals surface area contributed by atoms with Crippen LogP contribution >= 0.6 is 11.6 Å². The summed E-state index contributed by atoms with van der Waals surface area (Å²) in [6.45, 7) is 3.53. The molecule has 3 heterocycles. The third kappa shape index (κ3) is 2.81. The van der Waals surface area contributed by atoms with Crippen molar-refractivity contribution in [1.82, 2.24) is 9.99 Å². The summed E-state index contributed by atoms with van der Waals surface area (Å²) in [7, 11) is 0. The number of aromatic nitrogens is 1. The summed E-state index contributed by atoms with van der Waals surface area (Å²) in [5, 5.41) is 7.29. The van der Waals surface area contributed by atoms with Gasteiger partial charge in [-0.1, -0.05) is 23.2 Å². The van der Waals surface area contributed by atoms with Crippen LogP contribution in [-0.2, 0) is 4.79 Å². The Morgan fingerprint density at radius 1 is 1.32 bits per heavy atom. The number of hydrazone groups is 1. The maximum atomic E-state index is 12.1. The number of nitrogens with zero attached hydrogens (tertiary/aromatic N) is 3. The molecule has 4 rings (SSSR count). The lowest BCUT2D eigenvalue weighted by Crippen LogP contribution is -2.24. The van der Waals surface area contributed by atoms with Gasteiger partial charge in [-0.05, 0) is 37.3 Å². The molecule has 1 aliphatic heterocycles. The normalized spacial score (nSPS) is 17.2. The number of carbonyl (C=O) groups is 1. The Bertz CT molecular complexity index is 995. The first-order valence-electron chi connectivity index (χ1n) is 8.01. The Balaban J connectivity index is 1.79. The lowest BCUT2D eigenvalue weighted by Gasteiger charge is -2.21. The van der Waals surface area contributed by atoms with Crippen LogP contribution in [0.25, 0.3) is 10.9 Å². The molecule has 1 aliphatic rings. The van der Waals surface area contributed by atoms with Gasteiger partial charge in [0.2, 0.25) is 5.91 Å². The van der Waals surface area contributed by atoms with Crippen LogP contribution in [0.1, 0.15) is 36.3 Å². The molecule has 1 aromatic carbocycles. The van der Waals surface area contributed by atoms with Crippen LogP contribution in [0.15, 0.2) is 52.2 Å². The third-order valence-electron chi connectivity index (χ3n) is 4.35. The van der Waals surface area contributed by atoms with E-state index in [2.05, 4.69) is 16.2 Å². The van der Waals surface area contributed by atoms with E-state index in [0.717, 1.165) is 27.7 Å². The van der Waals surface area contributed by atoms with E-state index >= 15 is 0 Å². The topological polar surface area (TPSA) is 58.7 Å². The van der Waals surface area contributed by atoms with Gasteiger partial charge < -0.3 is 4.42 Å². The zero-order valence-corrected chi connectivity index (χ0v) is 14.6. The van der Waals surface area contributed by atoms with Gasteiger partial charge in [0.15, 0.2) is 0 Å². The number of aryl methyl sites for hydroxylation is 1. The Hall–Kier alpha value is -2.66. The molecular weight excluding hydrogens is 338 g/mol. The van der Waals surface area contributed by atoms with Gasteiger partial charge in [-0.25, -0.2) is 9.99 Å². The maximum Gasteiger partial charge on any atom is 0.240 e. The predicted octanol–water partition coefficient (Wildman–Crippen LogP) is 4.49. The third-order valence-corrected chi connectivity index (χ3v) is 4.65. The Morgan fingerprint density at radius 3 is 2.88 bits per heavy atom. The molecule has 5 nitrogen and oxygen atoms in total. The number of hydrogen-bond acceptors (Lipinski definition) is 4. The summed E-state index contributed by atoms with van der Waals surface area (Å²) in [6, 6.07) is 11.4. The van der Waals surface area contributed by atoms with Crippen LogP contribution in [0.2, 0.25) is 5.15 Å². The molecule has 1 amide bonds. The van der Waals surface area contributed by atoms with Crippen molar-refractivity contribution < 1.29 is 9.21 Å². The van der Waals surface area contributed by atoms with Crippen molar-refractivity contribution in [3.05, 3.63) is 64.7 Å². The minimum atomic E-state index is -0.289. The number of halogens is 1. The van der Waals surface area contributed by atoms with E-state index in [1.54, 1.807) is 12.3 Å². The summed E-state index contributed by atoms with van der Waals surface area (Å²) >= 11 is 6.44. The average molecular weight is 354 g/mol. The number of amides is 1. The van der Waals surface area contributed by atoms with Crippen molar-refractivity contribution in [2.45, 2.75) is 26.3 Å². The van der Waals surface area contributed by atoms with E-state index in [0.29, 0.717) is 17.3 Å². The van der Waals surface area contributed by atoms with E-state index in [4.69, 9.17) is 16.0 Å². The molecule has 25 heavy (non-hydrogen) atoms. The van der Waals surface area contributed by atoms with Crippen LogP contribution in [0.3, 0.4) is 0 Å². The molecule has 0 N–H and O–H groups in total. The summed E-state index contributed by atoms with van der Waals surface area (Å²) < 4.78 is 5.43. The van der Waals surface area contributed by atoms with E-state index in [9.17, 15) is 4.79 Å². The largest absolute Gasteiger partial charge is 0.463 e. The molecule has 0 aliphatic carbocycles. The van der Waals surface area contributed by atoms with E-state index < -0.39 is 0 Å². The Kier molecular flexibility index (Phi) is 3.81.